The molecule has 2 heteroatoms. The fourth-order valence-electron chi connectivity index (χ4n) is 1.91. The van der Waals surface area contributed by atoms with Crippen molar-refractivity contribution in [3.63, 3.8) is 0 Å². The zero-order valence-electron chi connectivity index (χ0n) is 9.34. The van der Waals surface area contributed by atoms with E-state index in [4.69, 9.17) is 0 Å². The van der Waals surface area contributed by atoms with E-state index in [1.807, 2.05) is 6.92 Å². The van der Waals surface area contributed by atoms with Gasteiger partial charge < -0.3 is 5.32 Å². The maximum Gasteiger partial charge on any atom is 0.220 e. The van der Waals surface area contributed by atoms with Crippen LogP contribution in [0.25, 0.3) is 0 Å². The minimum Gasteiger partial charge on any atom is -0.347 e. The Bertz CT molecular complexity index is 380. The Morgan fingerprint density at radius 2 is 2.20 bits per heavy atom. The maximum atomic E-state index is 11.4. The molecule has 0 aliphatic heterocycles. The normalized spacial score (nSPS) is 17.2. The van der Waals surface area contributed by atoms with Crippen molar-refractivity contribution in [1.29, 1.82) is 0 Å². The molecule has 2 rings (SSSR count). The lowest BCUT2D eigenvalue weighted by Gasteiger charge is -2.17. The summed E-state index contributed by atoms with van der Waals surface area (Å²) in [6.07, 6.45) is 2.71. The van der Waals surface area contributed by atoms with Gasteiger partial charge in [0, 0.05) is 6.42 Å². The molecule has 1 aromatic carbocycles. The van der Waals surface area contributed by atoms with Crippen molar-refractivity contribution in [1.82, 2.24) is 5.32 Å². The molecule has 0 heterocycles. The molecule has 1 N–H and O–H groups in total. The summed E-state index contributed by atoms with van der Waals surface area (Å²) in [4.78, 5) is 11.4. The first-order chi connectivity index (χ1) is 7.16. The van der Waals surface area contributed by atoms with E-state index in [9.17, 15) is 4.79 Å². The van der Waals surface area contributed by atoms with Crippen molar-refractivity contribution >= 4 is 5.91 Å². The average molecular weight is 203 g/mol. The highest BCUT2D eigenvalue weighted by Crippen LogP contribution is 2.45. The first-order valence-corrected chi connectivity index (χ1v) is 5.54. The highest BCUT2D eigenvalue weighted by molar-refractivity contribution is 5.77. The standard InChI is InChI=1S/C13H17NO/c1-3-12(15)14-13(7-8-13)11-6-4-5-10(2)9-11/h4-6,9H,3,7-8H2,1-2H3,(H,14,15). The summed E-state index contributed by atoms with van der Waals surface area (Å²) in [6, 6.07) is 8.42. The van der Waals surface area contributed by atoms with E-state index in [1.54, 1.807) is 0 Å². The Morgan fingerprint density at radius 1 is 1.47 bits per heavy atom. The van der Waals surface area contributed by atoms with Gasteiger partial charge in [0.05, 0.1) is 5.54 Å². The van der Waals surface area contributed by atoms with Crippen molar-refractivity contribution in [3.8, 4) is 0 Å². The first kappa shape index (κ1) is 10.2. The first-order valence-electron chi connectivity index (χ1n) is 5.54. The molecule has 1 aliphatic carbocycles. The molecule has 0 spiro atoms. The van der Waals surface area contributed by atoms with Crippen LogP contribution in [0, 0.1) is 6.92 Å². The summed E-state index contributed by atoms with van der Waals surface area (Å²) in [5.74, 6) is 0.147. The molecule has 1 saturated carbocycles. The van der Waals surface area contributed by atoms with E-state index in [-0.39, 0.29) is 11.4 Å². The van der Waals surface area contributed by atoms with Crippen LogP contribution >= 0.6 is 0 Å². The third-order valence-corrected chi connectivity index (χ3v) is 3.02. The lowest BCUT2D eigenvalue weighted by atomic mass is 10.0. The van der Waals surface area contributed by atoms with Crippen LogP contribution in [0.2, 0.25) is 0 Å². The molecule has 1 fully saturated rings. The summed E-state index contributed by atoms with van der Waals surface area (Å²) >= 11 is 0. The predicted octanol–water partition coefficient (Wildman–Crippen LogP) is 2.51. The molecule has 1 aliphatic rings. The van der Waals surface area contributed by atoms with Crippen LogP contribution in [0.1, 0.15) is 37.3 Å². The van der Waals surface area contributed by atoms with E-state index in [2.05, 4.69) is 36.5 Å². The minimum absolute atomic E-state index is 0.0425. The lowest BCUT2D eigenvalue weighted by Crippen LogP contribution is -2.34. The van der Waals surface area contributed by atoms with Crippen molar-refractivity contribution in [2.45, 2.75) is 38.6 Å². The van der Waals surface area contributed by atoms with Gasteiger partial charge in [-0.3, -0.25) is 4.79 Å². The Kier molecular flexibility index (Phi) is 2.51. The highest BCUT2D eigenvalue weighted by Gasteiger charge is 2.45. The van der Waals surface area contributed by atoms with Crippen LogP contribution in [0.3, 0.4) is 0 Å². The summed E-state index contributed by atoms with van der Waals surface area (Å²) < 4.78 is 0. The molecule has 0 aromatic heterocycles. The van der Waals surface area contributed by atoms with Gasteiger partial charge in [0.25, 0.3) is 0 Å². The van der Waals surface area contributed by atoms with Crippen LogP contribution in [0.15, 0.2) is 24.3 Å². The minimum atomic E-state index is -0.0425. The second-order valence-corrected chi connectivity index (χ2v) is 4.35. The summed E-state index contributed by atoms with van der Waals surface area (Å²) in [5.41, 5.74) is 2.47. The van der Waals surface area contributed by atoms with Crippen LogP contribution in [-0.4, -0.2) is 5.91 Å². The fourth-order valence-corrected chi connectivity index (χ4v) is 1.91. The SMILES string of the molecule is CCC(=O)NC1(c2cccc(C)c2)CC1. The van der Waals surface area contributed by atoms with E-state index in [0.29, 0.717) is 6.42 Å². The Balaban J connectivity index is 2.19. The average Bonchev–Trinajstić information content (AvgIpc) is 2.99. The molecule has 80 valence electrons. The molecule has 0 unspecified atom stereocenters. The molecule has 15 heavy (non-hydrogen) atoms. The molecule has 0 radical (unpaired) electrons. The number of nitrogens with one attached hydrogen (secondary N) is 1. The van der Waals surface area contributed by atoms with Gasteiger partial charge in [0.2, 0.25) is 5.91 Å². The number of amides is 1. The van der Waals surface area contributed by atoms with Gasteiger partial charge in [0.15, 0.2) is 0 Å². The van der Waals surface area contributed by atoms with Crippen LogP contribution < -0.4 is 5.32 Å². The third kappa shape index (κ3) is 2.04. The lowest BCUT2D eigenvalue weighted by molar-refractivity contribution is -0.121. The molecular weight excluding hydrogens is 186 g/mol. The number of carbonyl (C=O) groups is 1. The number of aryl methyl sites for hydroxylation is 1. The van der Waals surface area contributed by atoms with Gasteiger partial charge in [-0.15, -0.1) is 0 Å². The number of hydrogen-bond acceptors (Lipinski definition) is 1. The summed E-state index contributed by atoms with van der Waals surface area (Å²) in [7, 11) is 0. The number of rotatable bonds is 3. The number of hydrogen-bond donors (Lipinski definition) is 1. The van der Waals surface area contributed by atoms with Gasteiger partial charge in [-0.25, -0.2) is 0 Å². The zero-order chi connectivity index (χ0) is 10.9. The van der Waals surface area contributed by atoms with Crippen molar-refractivity contribution in [2.75, 3.05) is 0 Å². The smallest absolute Gasteiger partial charge is 0.220 e. The maximum absolute atomic E-state index is 11.4. The van der Waals surface area contributed by atoms with Gasteiger partial charge in [-0.05, 0) is 25.3 Å². The van der Waals surface area contributed by atoms with Crippen LogP contribution in [-0.2, 0) is 10.3 Å². The monoisotopic (exact) mass is 203 g/mol. The second kappa shape index (κ2) is 3.69. The fraction of sp³-hybridized carbons (Fsp3) is 0.462. The van der Waals surface area contributed by atoms with Crippen LogP contribution in [0.4, 0.5) is 0 Å². The Morgan fingerprint density at radius 3 is 2.73 bits per heavy atom. The third-order valence-electron chi connectivity index (χ3n) is 3.02. The Labute approximate surface area is 90.7 Å². The van der Waals surface area contributed by atoms with E-state index < -0.39 is 0 Å². The van der Waals surface area contributed by atoms with Crippen LogP contribution in [0.5, 0.6) is 0 Å². The van der Waals surface area contributed by atoms with E-state index >= 15 is 0 Å². The predicted molar refractivity (Wildman–Crippen MR) is 60.5 cm³/mol. The molecule has 1 amide bonds. The molecular formula is C13H17NO. The number of benzene rings is 1. The quantitative estimate of drug-likeness (QED) is 0.803. The zero-order valence-corrected chi connectivity index (χ0v) is 9.34. The van der Waals surface area contributed by atoms with E-state index in [0.717, 1.165) is 12.8 Å². The largest absolute Gasteiger partial charge is 0.347 e. The highest BCUT2D eigenvalue weighted by atomic mass is 16.1. The topological polar surface area (TPSA) is 29.1 Å². The Hall–Kier alpha value is -1.31. The summed E-state index contributed by atoms with van der Waals surface area (Å²) in [5, 5.41) is 3.12. The molecule has 1 aromatic rings. The van der Waals surface area contributed by atoms with Gasteiger partial charge in [-0.1, -0.05) is 36.8 Å². The molecule has 2 nitrogen and oxygen atoms in total. The van der Waals surface area contributed by atoms with Crippen molar-refractivity contribution in [2.24, 2.45) is 0 Å². The van der Waals surface area contributed by atoms with E-state index in [1.165, 1.54) is 11.1 Å². The number of carbonyl (C=O) groups excluding carboxylic acids is 1. The van der Waals surface area contributed by atoms with Gasteiger partial charge in [0.1, 0.15) is 0 Å². The van der Waals surface area contributed by atoms with Gasteiger partial charge >= 0.3 is 0 Å². The van der Waals surface area contributed by atoms with Crippen molar-refractivity contribution in [3.05, 3.63) is 35.4 Å². The van der Waals surface area contributed by atoms with Crippen molar-refractivity contribution < 1.29 is 4.79 Å². The molecule has 0 saturated heterocycles. The second-order valence-electron chi connectivity index (χ2n) is 4.35. The van der Waals surface area contributed by atoms with Gasteiger partial charge in [-0.2, -0.15) is 0 Å². The molecule has 0 atom stereocenters. The molecule has 0 bridgehead atoms. The summed E-state index contributed by atoms with van der Waals surface area (Å²) in [6.45, 7) is 3.98.